The molecule has 1 rings (SSSR count). The number of methoxy groups -OCH3 is 1. The molecule has 0 bridgehead atoms. The molecule has 0 heterocycles. The van der Waals surface area contributed by atoms with Gasteiger partial charge in [-0.2, -0.15) is 0 Å². The number of hydrogen-bond donors (Lipinski definition) is 0. The lowest BCUT2D eigenvalue weighted by atomic mass is 9.91. The molecule has 0 aromatic carbocycles. The first-order valence-electron chi connectivity index (χ1n) is 4.80. The van der Waals surface area contributed by atoms with E-state index in [1.54, 1.807) is 7.11 Å². The summed E-state index contributed by atoms with van der Waals surface area (Å²) in [6.07, 6.45) is 7.44. The Balaban J connectivity index is 0.000000218. The van der Waals surface area contributed by atoms with Gasteiger partial charge in [0.1, 0.15) is 0 Å². The van der Waals surface area contributed by atoms with Crippen molar-refractivity contribution in [1.29, 1.82) is 0 Å². The lowest BCUT2D eigenvalue weighted by Crippen LogP contribution is -1.99. The highest BCUT2D eigenvalue weighted by Gasteiger charge is 2.05. The van der Waals surface area contributed by atoms with Gasteiger partial charge in [-0.05, 0) is 12.8 Å². The summed E-state index contributed by atoms with van der Waals surface area (Å²) in [6.45, 7) is 5.14. The molecule has 1 heteroatoms. The van der Waals surface area contributed by atoms with Crippen LogP contribution in [-0.4, -0.2) is 13.7 Å². The van der Waals surface area contributed by atoms with Gasteiger partial charge in [-0.15, -0.1) is 0 Å². The van der Waals surface area contributed by atoms with Crippen LogP contribution in [0.25, 0.3) is 0 Å². The van der Waals surface area contributed by atoms with Crippen molar-refractivity contribution in [2.24, 2.45) is 5.92 Å². The van der Waals surface area contributed by atoms with E-state index in [4.69, 9.17) is 0 Å². The van der Waals surface area contributed by atoms with Crippen LogP contribution in [0.1, 0.15) is 46.0 Å². The molecule has 0 atom stereocenters. The Hall–Kier alpha value is -0.0400. The summed E-state index contributed by atoms with van der Waals surface area (Å²) < 4.78 is 4.54. The van der Waals surface area contributed by atoms with Crippen molar-refractivity contribution < 1.29 is 4.74 Å². The molecule has 0 radical (unpaired) electrons. The number of ether oxygens (including phenoxy) is 1. The molecule has 68 valence electrons. The fourth-order valence-corrected chi connectivity index (χ4v) is 1.31. The normalized spacial score (nSPS) is 18.8. The minimum absolute atomic E-state index is 0.819. The Morgan fingerprint density at radius 1 is 1.18 bits per heavy atom. The molecule has 0 N–H and O–H groups in total. The molecule has 1 aliphatic rings. The number of hydrogen-bond acceptors (Lipinski definition) is 1. The zero-order valence-electron chi connectivity index (χ0n) is 8.23. The average molecular weight is 158 g/mol. The van der Waals surface area contributed by atoms with Crippen LogP contribution in [-0.2, 0) is 4.74 Å². The Morgan fingerprint density at radius 3 is 1.82 bits per heavy atom. The van der Waals surface area contributed by atoms with Gasteiger partial charge in [-0.1, -0.05) is 39.0 Å². The first-order valence-corrected chi connectivity index (χ1v) is 4.80. The maximum atomic E-state index is 4.54. The van der Waals surface area contributed by atoms with E-state index in [-0.39, 0.29) is 0 Å². The van der Waals surface area contributed by atoms with E-state index in [1.165, 1.54) is 32.1 Å². The molecular weight excluding hydrogens is 136 g/mol. The Kier molecular flexibility index (Phi) is 8.03. The van der Waals surface area contributed by atoms with Crippen LogP contribution in [0.5, 0.6) is 0 Å². The Bertz CT molecular complexity index is 63.3. The van der Waals surface area contributed by atoms with Gasteiger partial charge in [-0.3, -0.25) is 0 Å². The summed E-state index contributed by atoms with van der Waals surface area (Å²) in [4.78, 5) is 0. The molecule has 1 aliphatic carbocycles. The predicted molar refractivity (Wildman–Crippen MR) is 49.8 cm³/mol. The Labute approximate surface area is 71.1 Å². The van der Waals surface area contributed by atoms with Gasteiger partial charge < -0.3 is 4.74 Å². The van der Waals surface area contributed by atoms with Crippen LogP contribution >= 0.6 is 0 Å². The second kappa shape index (κ2) is 8.06. The van der Waals surface area contributed by atoms with E-state index in [0.29, 0.717) is 0 Å². The fraction of sp³-hybridized carbons (Fsp3) is 1.00. The molecular formula is C10H22O. The van der Waals surface area contributed by atoms with Gasteiger partial charge >= 0.3 is 0 Å². The summed E-state index contributed by atoms with van der Waals surface area (Å²) in [5, 5.41) is 0. The molecule has 0 spiro atoms. The first-order chi connectivity index (χ1) is 5.31. The smallest absolute Gasteiger partial charge is 0.0433 e. The van der Waals surface area contributed by atoms with Gasteiger partial charge in [0, 0.05) is 13.7 Å². The van der Waals surface area contributed by atoms with Crippen molar-refractivity contribution in [2.45, 2.75) is 46.0 Å². The van der Waals surface area contributed by atoms with Crippen molar-refractivity contribution in [1.82, 2.24) is 0 Å². The highest BCUT2D eigenvalue weighted by molar-refractivity contribution is 4.59. The van der Waals surface area contributed by atoms with Crippen LogP contribution in [0.3, 0.4) is 0 Å². The van der Waals surface area contributed by atoms with Crippen molar-refractivity contribution in [3.63, 3.8) is 0 Å². The topological polar surface area (TPSA) is 9.23 Å². The van der Waals surface area contributed by atoms with E-state index in [0.717, 1.165) is 12.5 Å². The van der Waals surface area contributed by atoms with Gasteiger partial charge in [0.05, 0.1) is 0 Å². The lowest BCUT2D eigenvalue weighted by Gasteiger charge is -2.15. The van der Waals surface area contributed by atoms with Crippen molar-refractivity contribution in [3.8, 4) is 0 Å². The predicted octanol–water partition coefficient (Wildman–Crippen LogP) is 3.24. The molecule has 0 unspecified atom stereocenters. The summed E-state index contributed by atoms with van der Waals surface area (Å²) in [5.41, 5.74) is 0. The van der Waals surface area contributed by atoms with Crippen LogP contribution in [0, 0.1) is 5.92 Å². The van der Waals surface area contributed by atoms with E-state index in [2.05, 4.69) is 11.7 Å². The van der Waals surface area contributed by atoms with Crippen molar-refractivity contribution in [3.05, 3.63) is 0 Å². The molecule has 0 amide bonds. The third-order valence-corrected chi connectivity index (χ3v) is 2.18. The number of rotatable bonds is 1. The van der Waals surface area contributed by atoms with Gasteiger partial charge in [0.15, 0.2) is 0 Å². The van der Waals surface area contributed by atoms with Crippen LogP contribution in [0.2, 0.25) is 0 Å². The summed E-state index contributed by atoms with van der Waals surface area (Å²) in [7, 11) is 1.68. The third kappa shape index (κ3) is 7.86. The zero-order chi connectivity index (χ0) is 8.53. The van der Waals surface area contributed by atoms with E-state index < -0.39 is 0 Å². The zero-order valence-corrected chi connectivity index (χ0v) is 8.23. The van der Waals surface area contributed by atoms with E-state index in [1.807, 2.05) is 6.92 Å². The molecule has 0 saturated heterocycles. The summed E-state index contributed by atoms with van der Waals surface area (Å²) in [5.74, 6) is 1.04. The third-order valence-electron chi connectivity index (χ3n) is 2.18. The molecule has 1 nitrogen and oxygen atoms in total. The van der Waals surface area contributed by atoms with Gasteiger partial charge in [0.25, 0.3) is 0 Å². The van der Waals surface area contributed by atoms with Gasteiger partial charge in [-0.25, -0.2) is 0 Å². The summed E-state index contributed by atoms with van der Waals surface area (Å²) >= 11 is 0. The molecule has 1 saturated carbocycles. The maximum absolute atomic E-state index is 4.54. The molecule has 1 fully saturated rings. The second-order valence-corrected chi connectivity index (χ2v) is 3.32. The SMILES string of the molecule is CC1CCCCC1.CCOC. The van der Waals surface area contributed by atoms with Gasteiger partial charge in [0.2, 0.25) is 0 Å². The summed E-state index contributed by atoms with van der Waals surface area (Å²) in [6, 6.07) is 0. The van der Waals surface area contributed by atoms with Crippen LogP contribution < -0.4 is 0 Å². The standard InChI is InChI=1S/C7H14.C3H8O/c1-7-5-3-2-4-6-7;1-3-4-2/h7H,2-6H2,1H3;3H2,1-2H3. The molecule has 11 heavy (non-hydrogen) atoms. The monoisotopic (exact) mass is 158 g/mol. The van der Waals surface area contributed by atoms with Crippen LogP contribution in [0.15, 0.2) is 0 Å². The fourth-order valence-electron chi connectivity index (χ4n) is 1.31. The molecule has 0 aromatic heterocycles. The maximum Gasteiger partial charge on any atom is 0.0433 e. The van der Waals surface area contributed by atoms with Crippen molar-refractivity contribution in [2.75, 3.05) is 13.7 Å². The minimum Gasteiger partial charge on any atom is -0.385 e. The van der Waals surface area contributed by atoms with Crippen LogP contribution in [0.4, 0.5) is 0 Å². The van der Waals surface area contributed by atoms with E-state index in [9.17, 15) is 0 Å². The lowest BCUT2D eigenvalue weighted by molar-refractivity contribution is 0.215. The van der Waals surface area contributed by atoms with Crippen molar-refractivity contribution >= 4 is 0 Å². The first kappa shape index (κ1) is 11.0. The highest BCUT2D eigenvalue weighted by atomic mass is 16.5. The minimum atomic E-state index is 0.819. The highest BCUT2D eigenvalue weighted by Crippen LogP contribution is 2.21. The molecule has 0 aromatic rings. The largest absolute Gasteiger partial charge is 0.385 e. The average Bonchev–Trinajstić information content (AvgIpc) is 2.07. The quantitative estimate of drug-likeness (QED) is 0.569. The second-order valence-electron chi connectivity index (χ2n) is 3.32. The Morgan fingerprint density at radius 2 is 1.64 bits per heavy atom. The van der Waals surface area contributed by atoms with E-state index >= 15 is 0 Å². The molecule has 0 aliphatic heterocycles.